The number of carbonyl (C=O) groups is 1. The molecule has 0 aliphatic carbocycles. The minimum absolute atomic E-state index is 0.186. The quantitative estimate of drug-likeness (QED) is 0.461. The molecule has 2 aliphatic rings. The summed E-state index contributed by atoms with van der Waals surface area (Å²) in [7, 11) is 1.65. The van der Waals surface area contributed by atoms with Gasteiger partial charge in [0.15, 0.2) is 11.4 Å². The lowest BCUT2D eigenvalue weighted by Crippen LogP contribution is -2.36. The Morgan fingerprint density at radius 3 is 2.85 bits per heavy atom. The second kappa shape index (κ2) is 7.73. The van der Waals surface area contributed by atoms with Gasteiger partial charge < -0.3 is 19.8 Å². The minimum Gasteiger partial charge on any atom is -0.374 e. The summed E-state index contributed by atoms with van der Waals surface area (Å²) in [4.78, 5) is 27.5. The molecule has 1 unspecified atom stereocenters. The zero-order valence-corrected chi connectivity index (χ0v) is 18.5. The van der Waals surface area contributed by atoms with E-state index in [0.29, 0.717) is 35.3 Å². The Bertz CT molecular complexity index is 1400. The zero-order valence-electron chi connectivity index (χ0n) is 18.5. The van der Waals surface area contributed by atoms with E-state index in [0.717, 1.165) is 30.8 Å². The molecule has 34 heavy (non-hydrogen) atoms. The highest BCUT2D eigenvalue weighted by Gasteiger charge is 2.47. The number of pyridine rings is 1. The summed E-state index contributed by atoms with van der Waals surface area (Å²) in [6, 6.07) is 8.80. The first-order valence-electron chi connectivity index (χ1n) is 11.1. The highest BCUT2D eigenvalue weighted by atomic mass is 16.5. The van der Waals surface area contributed by atoms with Crippen molar-refractivity contribution in [3.05, 3.63) is 54.1 Å². The summed E-state index contributed by atoms with van der Waals surface area (Å²) in [5, 5.41) is 22.4. The highest BCUT2D eigenvalue weighted by Crippen LogP contribution is 2.34. The summed E-state index contributed by atoms with van der Waals surface area (Å²) >= 11 is 0. The highest BCUT2D eigenvalue weighted by molar-refractivity contribution is 5.88. The molecule has 4 aromatic rings. The van der Waals surface area contributed by atoms with Crippen LogP contribution in [0.2, 0.25) is 0 Å². The van der Waals surface area contributed by atoms with Crippen molar-refractivity contribution in [3.63, 3.8) is 0 Å². The third-order valence-electron chi connectivity index (χ3n) is 6.34. The Balaban J connectivity index is 1.27. The van der Waals surface area contributed by atoms with Gasteiger partial charge in [-0.05, 0) is 31.0 Å². The molecule has 0 radical (unpaired) electrons. The minimum atomic E-state index is -1.67. The number of likely N-dealkylation sites (N-methyl/N-ethyl adjacent to an activating group) is 1. The molecule has 2 N–H and O–H groups in total. The van der Waals surface area contributed by atoms with Crippen LogP contribution in [-0.2, 0) is 23.4 Å². The van der Waals surface area contributed by atoms with E-state index in [4.69, 9.17) is 4.52 Å². The predicted octanol–water partition coefficient (Wildman–Crippen LogP) is 2.13. The van der Waals surface area contributed by atoms with E-state index in [-0.39, 0.29) is 18.0 Å². The monoisotopic (exact) mass is 458 g/mol. The van der Waals surface area contributed by atoms with Gasteiger partial charge in [-0.1, -0.05) is 11.2 Å². The second-order valence-corrected chi connectivity index (χ2v) is 8.54. The first-order valence-corrected chi connectivity index (χ1v) is 11.1. The normalized spacial score (nSPS) is 19.6. The fourth-order valence-corrected chi connectivity index (χ4v) is 4.45. The first-order chi connectivity index (χ1) is 16.5. The number of rotatable bonds is 5. The van der Waals surface area contributed by atoms with Crippen molar-refractivity contribution in [2.24, 2.45) is 0 Å². The Hall–Kier alpha value is -4.12. The van der Waals surface area contributed by atoms with Crippen LogP contribution in [0.25, 0.3) is 22.8 Å². The molecule has 4 aromatic heterocycles. The van der Waals surface area contributed by atoms with Crippen LogP contribution in [0.4, 0.5) is 11.6 Å². The van der Waals surface area contributed by atoms with Crippen molar-refractivity contribution in [1.29, 1.82) is 0 Å². The second-order valence-electron chi connectivity index (χ2n) is 8.54. The summed E-state index contributed by atoms with van der Waals surface area (Å²) in [6.45, 7) is 1.39. The van der Waals surface area contributed by atoms with Crippen molar-refractivity contribution in [2.45, 2.75) is 31.4 Å². The molecule has 1 fully saturated rings. The SMILES string of the molecule is CN1CCC(O)(c2cc(-c3cccc(-c4ccnc(Nc5cnn6c5CCC6)n4)n3)on2)C1=O. The fourth-order valence-electron chi connectivity index (χ4n) is 4.45. The molecule has 11 nitrogen and oxygen atoms in total. The van der Waals surface area contributed by atoms with Crippen LogP contribution in [0, 0.1) is 0 Å². The maximum absolute atomic E-state index is 12.4. The average Bonchev–Trinajstić information content (AvgIpc) is 3.64. The fraction of sp³-hybridized carbons (Fsp3) is 0.304. The standard InChI is InChI=1S/C23H22N8O3/c1-30-11-8-23(33,21(30)32)20-12-19(34-29-20)16-5-2-4-14(26-16)15-7-9-24-22(27-15)28-17-13-25-31-10-3-6-18(17)31/h2,4-5,7,9,12-13,33H,3,6,8,10-11H2,1H3,(H,24,27,28). The molecule has 0 aromatic carbocycles. The molecule has 0 bridgehead atoms. The number of aromatic nitrogens is 6. The molecular weight excluding hydrogens is 436 g/mol. The lowest BCUT2D eigenvalue weighted by molar-refractivity contribution is -0.143. The Labute approximate surface area is 194 Å². The third kappa shape index (κ3) is 3.32. The van der Waals surface area contributed by atoms with E-state index < -0.39 is 5.60 Å². The van der Waals surface area contributed by atoms with Gasteiger partial charge in [-0.25, -0.2) is 15.0 Å². The summed E-state index contributed by atoms with van der Waals surface area (Å²) < 4.78 is 7.44. The molecule has 1 amide bonds. The van der Waals surface area contributed by atoms with Crippen LogP contribution in [-0.4, -0.2) is 59.4 Å². The van der Waals surface area contributed by atoms with Gasteiger partial charge in [0.25, 0.3) is 5.91 Å². The van der Waals surface area contributed by atoms with E-state index >= 15 is 0 Å². The van der Waals surface area contributed by atoms with Gasteiger partial charge in [0.1, 0.15) is 11.4 Å². The van der Waals surface area contributed by atoms with Gasteiger partial charge in [0.2, 0.25) is 5.95 Å². The van der Waals surface area contributed by atoms with Gasteiger partial charge in [0, 0.05) is 38.8 Å². The van der Waals surface area contributed by atoms with Gasteiger partial charge in [-0.3, -0.25) is 9.48 Å². The van der Waals surface area contributed by atoms with Crippen LogP contribution >= 0.6 is 0 Å². The smallest absolute Gasteiger partial charge is 0.260 e. The maximum Gasteiger partial charge on any atom is 0.260 e. The van der Waals surface area contributed by atoms with Crippen LogP contribution in [0.5, 0.6) is 0 Å². The van der Waals surface area contributed by atoms with Crippen molar-refractivity contribution in [1.82, 2.24) is 34.8 Å². The van der Waals surface area contributed by atoms with Crippen LogP contribution in [0.15, 0.2) is 47.2 Å². The molecular formula is C23H22N8O3. The number of aliphatic hydroxyl groups is 1. The molecule has 2 aliphatic heterocycles. The Morgan fingerprint density at radius 2 is 2.00 bits per heavy atom. The topological polar surface area (TPSA) is 135 Å². The summed E-state index contributed by atoms with van der Waals surface area (Å²) in [6.07, 6.45) is 5.79. The molecule has 172 valence electrons. The van der Waals surface area contributed by atoms with E-state index in [1.165, 1.54) is 4.90 Å². The zero-order chi connectivity index (χ0) is 23.3. The number of hydrogen-bond acceptors (Lipinski definition) is 9. The van der Waals surface area contributed by atoms with Crippen LogP contribution in [0.3, 0.4) is 0 Å². The predicted molar refractivity (Wildman–Crippen MR) is 121 cm³/mol. The van der Waals surface area contributed by atoms with E-state index in [1.807, 2.05) is 16.8 Å². The molecule has 6 heterocycles. The number of amides is 1. The lowest BCUT2D eigenvalue weighted by atomic mass is 9.97. The van der Waals surface area contributed by atoms with Crippen molar-refractivity contribution in [3.8, 4) is 22.8 Å². The van der Waals surface area contributed by atoms with Crippen molar-refractivity contribution < 1.29 is 14.4 Å². The third-order valence-corrected chi connectivity index (χ3v) is 6.34. The maximum atomic E-state index is 12.4. The Kier molecular flexibility index (Phi) is 4.66. The summed E-state index contributed by atoms with van der Waals surface area (Å²) in [5.74, 6) is 0.426. The molecule has 11 heteroatoms. The van der Waals surface area contributed by atoms with Gasteiger partial charge in [-0.2, -0.15) is 5.10 Å². The Morgan fingerprint density at radius 1 is 1.15 bits per heavy atom. The number of hydrogen-bond donors (Lipinski definition) is 2. The molecule has 0 saturated carbocycles. The first kappa shape index (κ1) is 20.5. The molecule has 1 atom stereocenters. The molecule has 1 saturated heterocycles. The number of anilines is 2. The number of nitrogens with zero attached hydrogens (tertiary/aromatic N) is 7. The van der Waals surface area contributed by atoms with Crippen LogP contribution in [0.1, 0.15) is 24.2 Å². The van der Waals surface area contributed by atoms with E-state index in [2.05, 4.69) is 30.5 Å². The van der Waals surface area contributed by atoms with Gasteiger partial charge in [0.05, 0.1) is 29.0 Å². The average molecular weight is 458 g/mol. The van der Waals surface area contributed by atoms with Gasteiger partial charge in [-0.15, -0.1) is 0 Å². The lowest BCUT2D eigenvalue weighted by Gasteiger charge is -2.16. The number of aryl methyl sites for hydroxylation is 1. The number of nitrogens with one attached hydrogen (secondary N) is 1. The van der Waals surface area contributed by atoms with E-state index in [9.17, 15) is 9.90 Å². The van der Waals surface area contributed by atoms with E-state index in [1.54, 1.807) is 37.6 Å². The van der Waals surface area contributed by atoms with Crippen molar-refractivity contribution >= 4 is 17.5 Å². The largest absolute Gasteiger partial charge is 0.374 e. The number of likely N-dealkylation sites (tertiary alicyclic amines) is 1. The number of fused-ring (bicyclic) bond motifs is 1. The van der Waals surface area contributed by atoms with Gasteiger partial charge >= 0.3 is 0 Å². The molecule has 6 rings (SSSR count). The summed E-state index contributed by atoms with van der Waals surface area (Å²) in [5.41, 5.74) is 2.35. The van der Waals surface area contributed by atoms with Crippen molar-refractivity contribution in [2.75, 3.05) is 18.9 Å². The molecule has 0 spiro atoms. The number of carbonyl (C=O) groups excluding carboxylic acids is 1. The van der Waals surface area contributed by atoms with Crippen LogP contribution < -0.4 is 5.32 Å².